The van der Waals surface area contributed by atoms with Crippen molar-refractivity contribution in [3.05, 3.63) is 0 Å². The molecule has 0 nitrogen and oxygen atoms in total. The molecule has 8 heavy (non-hydrogen) atoms. The average Bonchev–Trinajstić information content (AvgIpc) is 1.41. The van der Waals surface area contributed by atoms with Gasteiger partial charge in [0, 0.05) is 17.4 Å². The molecule has 0 aromatic carbocycles. The molecule has 0 aliphatic heterocycles. The molecule has 0 aliphatic rings. The zero-order valence-electron chi connectivity index (χ0n) is 5.31. The van der Waals surface area contributed by atoms with Gasteiger partial charge in [-0.25, -0.2) is 0 Å². The van der Waals surface area contributed by atoms with Gasteiger partial charge < -0.3 is 0 Å². The first-order valence-electron chi connectivity index (χ1n) is 2.12. The van der Waals surface area contributed by atoms with Crippen molar-refractivity contribution in [3.63, 3.8) is 0 Å². The Morgan fingerprint density at radius 2 is 1.25 bits per heavy atom. The van der Waals surface area contributed by atoms with E-state index in [1.807, 2.05) is 0 Å². The van der Waals surface area contributed by atoms with Crippen LogP contribution in [0.25, 0.3) is 0 Å². The zero-order valence-corrected chi connectivity index (χ0v) is 10.9. The average molecular weight is 279 g/mol. The number of hydrogen-bond donors (Lipinski definition) is 0. The van der Waals surface area contributed by atoms with Gasteiger partial charge in [-0.3, -0.25) is 0 Å². The third-order valence-electron chi connectivity index (χ3n) is 0.500. The Kier molecular flexibility index (Phi) is 65.1. The molecule has 0 atom stereocenters. The second-order valence-electron chi connectivity index (χ2n) is 0.957. The Balaban J connectivity index is -0.0000000267. The lowest BCUT2D eigenvalue weighted by atomic mass is 11.0. The zero-order chi connectivity index (χ0) is 4.12. The lowest BCUT2D eigenvalue weighted by molar-refractivity contribution is 1.44. The van der Waals surface area contributed by atoms with Crippen LogP contribution in [0.15, 0.2) is 0 Å². The normalized spacial score (nSPS) is 5.25. The van der Waals surface area contributed by atoms with E-state index in [4.69, 9.17) is 0 Å². The van der Waals surface area contributed by atoms with E-state index in [0.717, 1.165) is 0 Å². The first kappa shape index (κ1) is 22.5. The summed E-state index contributed by atoms with van der Waals surface area (Å²) in [4.78, 5) is 0. The van der Waals surface area contributed by atoms with E-state index in [-0.39, 0.29) is 51.3 Å². The highest BCUT2D eigenvalue weighted by Crippen LogP contribution is 2.03. The molecule has 3 radical (unpaired) electrons. The molecule has 0 fully saturated rings. The fourth-order valence-electron chi connectivity index (χ4n) is 0.250. The topological polar surface area (TPSA) is 0 Å². The van der Waals surface area contributed by atoms with Gasteiger partial charge in [0.25, 0.3) is 0 Å². The van der Waals surface area contributed by atoms with Crippen molar-refractivity contribution in [2.75, 3.05) is 12.3 Å². The van der Waals surface area contributed by atoms with Crippen LogP contribution in [0.5, 0.6) is 0 Å². The molecule has 0 N–H and O–H groups in total. The van der Waals surface area contributed by atoms with Gasteiger partial charge in [-0.15, -0.1) is 42.5 Å². The van der Waals surface area contributed by atoms with Crippen molar-refractivity contribution in [1.82, 2.24) is 0 Å². The van der Waals surface area contributed by atoms with Gasteiger partial charge in [-0.05, 0) is 12.3 Å². The lowest BCUT2D eigenvalue weighted by Gasteiger charge is -1.80. The van der Waals surface area contributed by atoms with Crippen LogP contribution in [0.1, 0.15) is 13.8 Å². The quantitative estimate of drug-likeness (QED) is 0.538. The second kappa shape index (κ2) is 23.1. The van der Waals surface area contributed by atoms with E-state index in [0.29, 0.717) is 0 Å². The minimum absolute atomic E-state index is 0. The summed E-state index contributed by atoms with van der Waals surface area (Å²) in [5.41, 5.74) is 0. The van der Waals surface area contributed by atoms with Gasteiger partial charge in [-0.2, -0.15) is 0 Å². The van der Waals surface area contributed by atoms with Crippen LogP contribution in [-0.2, 0) is 0 Å². The van der Waals surface area contributed by atoms with Gasteiger partial charge in [0.1, 0.15) is 0 Å². The smallest absolute Gasteiger partial charge is 0 e. The third kappa shape index (κ3) is 24.7. The fourth-order valence-corrected chi connectivity index (χ4v) is 0.750. The Morgan fingerprint density at radius 3 is 1.25 bits per heavy atom. The van der Waals surface area contributed by atoms with Crippen LogP contribution >= 0.6 is 42.5 Å². The maximum atomic E-state index is 2.22. The molecular formula is C4H13AlBr2P. The molecule has 0 heterocycles. The standard InChI is InChI=1S/C4H11P.Al.2BrH/c1-3-5-4-2;;;/h5H,3-4H2,1-2H3;;2*1H. The molecule has 0 aromatic heterocycles. The molecule has 0 unspecified atom stereocenters. The van der Waals surface area contributed by atoms with Crippen molar-refractivity contribution in [2.45, 2.75) is 13.8 Å². The highest BCUT2D eigenvalue weighted by Gasteiger charge is 1.66. The SMILES string of the molecule is Br.Br.CCPCC.[Al]. The number of hydrogen-bond acceptors (Lipinski definition) is 0. The summed E-state index contributed by atoms with van der Waals surface area (Å²) in [5.74, 6) is 0. The first-order valence-corrected chi connectivity index (χ1v) is 3.54. The molecule has 0 spiro atoms. The second-order valence-corrected chi connectivity index (χ2v) is 2.87. The molecule has 51 valence electrons. The minimum atomic E-state index is 0. The summed E-state index contributed by atoms with van der Waals surface area (Å²) in [5, 5.41) is 0. The van der Waals surface area contributed by atoms with Crippen molar-refractivity contribution >= 4 is 59.9 Å². The fraction of sp³-hybridized carbons (Fsp3) is 1.00. The van der Waals surface area contributed by atoms with E-state index < -0.39 is 0 Å². The summed E-state index contributed by atoms with van der Waals surface area (Å²) in [6.07, 6.45) is 2.74. The first-order chi connectivity index (χ1) is 2.41. The maximum Gasteiger partial charge on any atom is 0 e. The molecule has 0 saturated heterocycles. The molecule has 0 rings (SSSR count). The highest BCUT2D eigenvalue weighted by molar-refractivity contribution is 8.93. The van der Waals surface area contributed by atoms with Gasteiger partial charge in [0.15, 0.2) is 0 Å². The Hall–Kier alpha value is 1.92. The van der Waals surface area contributed by atoms with Crippen molar-refractivity contribution < 1.29 is 0 Å². The molecular weight excluding hydrogens is 266 g/mol. The summed E-state index contributed by atoms with van der Waals surface area (Å²) < 4.78 is 0. The van der Waals surface area contributed by atoms with E-state index in [1.54, 1.807) is 0 Å². The minimum Gasteiger partial charge on any atom is -0.123 e. The van der Waals surface area contributed by atoms with Gasteiger partial charge in [0.05, 0.1) is 0 Å². The van der Waals surface area contributed by atoms with Crippen LogP contribution in [-0.4, -0.2) is 29.7 Å². The van der Waals surface area contributed by atoms with E-state index in [9.17, 15) is 0 Å². The van der Waals surface area contributed by atoms with Crippen molar-refractivity contribution in [2.24, 2.45) is 0 Å². The van der Waals surface area contributed by atoms with E-state index >= 15 is 0 Å². The van der Waals surface area contributed by atoms with Crippen LogP contribution in [0, 0.1) is 0 Å². The van der Waals surface area contributed by atoms with E-state index in [1.165, 1.54) is 20.9 Å². The van der Waals surface area contributed by atoms with Crippen LogP contribution in [0.2, 0.25) is 0 Å². The largest absolute Gasteiger partial charge is 0.123 e. The van der Waals surface area contributed by atoms with Gasteiger partial charge >= 0.3 is 0 Å². The van der Waals surface area contributed by atoms with Crippen LogP contribution in [0.4, 0.5) is 0 Å². The molecule has 0 saturated carbocycles. The maximum absolute atomic E-state index is 2.22. The third-order valence-corrected chi connectivity index (χ3v) is 1.50. The predicted octanol–water partition coefficient (Wildman–Crippen LogP) is 2.48. The molecule has 0 amide bonds. The number of rotatable bonds is 2. The molecule has 0 aromatic rings. The summed E-state index contributed by atoms with van der Waals surface area (Å²) in [6.45, 7) is 4.45. The monoisotopic (exact) mass is 277 g/mol. The Morgan fingerprint density at radius 1 is 1.00 bits per heavy atom. The van der Waals surface area contributed by atoms with Crippen molar-refractivity contribution in [3.8, 4) is 0 Å². The molecule has 0 aliphatic carbocycles. The summed E-state index contributed by atoms with van der Waals surface area (Å²) in [6, 6.07) is 0. The number of halogens is 2. The van der Waals surface area contributed by atoms with Crippen LogP contribution < -0.4 is 0 Å². The molecule has 0 bridgehead atoms. The Labute approximate surface area is 85.6 Å². The molecule has 4 heteroatoms. The summed E-state index contributed by atoms with van der Waals surface area (Å²) >= 11 is 0. The Bertz CT molecular complexity index is 21.5. The van der Waals surface area contributed by atoms with Gasteiger partial charge in [0.2, 0.25) is 0 Å². The van der Waals surface area contributed by atoms with Crippen LogP contribution in [0.3, 0.4) is 0 Å². The highest BCUT2D eigenvalue weighted by atomic mass is 79.9. The lowest BCUT2D eigenvalue weighted by Crippen LogP contribution is -1.59. The predicted molar refractivity (Wildman–Crippen MR) is 55.8 cm³/mol. The van der Waals surface area contributed by atoms with E-state index in [2.05, 4.69) is 13.8 Å². The summed E-state index contributed by atoms with van der Waals surface area (Å²) in [7, 11) is 1.20. The van der Waals surface area contributed by atoms with Gasteiger partial charge in [-0.1, -0.05) is 13.8 Å². The van der Waals surface area contributed by atoms with Crippen molar-refractivity contribution in [1.29, 1.82) is 0 Å².